The molecule has 0 saturated heterocycles. The van der Waals surface area contributed by atoms with E-state index >= 15 is 0 Å². The zero-order chi connectivity index (χ0) is 9.56. The lowest BCUT2D eigenvalue weighted by Gasteiger charge is -1.98. The predicted octanol–water partition coefficient (Wildman–Crippen LogP) is 0.0556. The minimum Gasteiger partial charge on any atom is -0.462 e. The Morgan fingerprint density at radius 2 is 2.08 bits per heavy atom. The summed E-state index contributed by atoms with van der Waals surface area (Å²) >= 11 is 0. The molecular formula is C8H12O4. The first-order chi connectivity index (χ1) is 5.54. The van der Waals surface area contributed by atoms with Gasteiger partial charge in [0.05, 0.1) is 0 Å². The molecule has 12 heavy (non-hydrogen) atoms. The first kappa shape index (κ1) is 10.8. The van der Waals surface area contributed by atoms with Crippen LogP contribution in [0.2, 0.25) is 0 Å². The third kappa shape index (κ3) is 5.61. The van der Waals surface area contributed by atoms with E-state index in [-0.39, 0.29) is 12.4 Å². The van der Waals surface area contributed by atoms with Crippen LogP contribution in [0.3, 0.4) is 0 Å². The van der Waals surface area contributed by atoms with Gasteiger partial charge in [-0.1, -0.05) is 0 Å². The third-order valence-electron chi connectivity index (χ3n) is 1.12. The van der Waals surface area contributed by atoms with Crippen molar-refractivity contribution >= 4 is 11.8 Å². The molecule has 0 aromatic carbocycles. The fourth-order valence-corrected chi connectivity index (χ4v) is 0.485. The molecule has 0 rings (SSSR count). The highest BCUT2D eigenvalue weighted by molar-refractivity contribution is 5.81. The van der Waals surface area contributed by atoms with Crippen LogP contribution in [0.1, 0.15) is 13.8 Å². The van der Waals surface area contributed by atoms with Crippen molar-refractivity contribution < 1.29 is 19.4 Å². The molecule has 0 aromatic rings. The van der Waals surface area contributed by atoms with Crippen molar-refractivity contribution in [2.24, 2.45) is 0 Å². The standard InChI is InChI=1S/C8H12O4/c1-6(9)8(11)4-3-5-12-7(2)10/h3-4,8,11H,5H2,1-2H3/b4-3-. The highest BCUT2D eigenvalue weighted by Gasteiger charge is 2.02. The van der Waals surface area contributed by atoms with Gasteiger partial charge in [0.15, 0.2) is 5.78 Å². The number of aliphatic hydroxyl groups is 1. The summed E-state index contributed by atoms with van der Waals surface area (Å²) in [6, 6.07) is 0. The summed E-state index contributed by atoms with van der Waals surface area (Å²) in [4.78, 5) is 20.7. The molecule has 4 nitrogen and oxygen atoms in total. The molecule has 0 bridgehead atoms. The molecular weight excluding hydrogens is 160 g/mol. The lowest BCUT2D eigenvalue weighted by molar-refractivity contribution is -0.139. The third-order valence-corrected chi connectivity index (χ3v) is 1.12. The monoisotopic (exact) mass is 172 g/mol. The van der Waals surface area contributed by atoms with Crippen LogP contribution in [0, 0.1) is 0 Å². The van der Waals surface area contributed by atoms with E-state index < -0.39 is 12.1 Å². The quantitative estimate of drug-likeness (QED) is 0.481. The van der Waals surface area contributed by atoms with Crippen molar-refractivity contribution in [1.82, 2.24) is 0 Å². The van der Waals surface area contributed by atoms with Crippen molar-refractivity contribution in [3.05, 3.63) is 12.2 Å². The van der Waals surface area contributed by atoms with E-state index in [1.807, 2.05) is 0 Å². The number of rotatable bonds is 4. The van der Waals surface area contributed by atoms with Gasteiger partial charge in [0.1, 0.15) is 12.7 Å². The van der Waals surface area contributed by atoms with Crippen LogP contribution < -0.4 is 0 Å². The van der Waals surface area contributed by atoms with Gasteiger partial charge in [-0.25, -0.2) is 0 Å². The Kier molecular flexibility index (Phi) is 4.96. The van der Waals surface area contributed by atoms with E-state index in [1.165, 1.54) is 26.0 Å². The molecule has 4 heteroatoms. The molecule has 0 aliphatic carbocycles. The Hall–Kier alpha value is -1.16. The Balaban J connectivity index is 3.62. The fourth-order valence-electron chi connectivity index (χ4n) is 0.485. The number of ether oxygens (including phenoxy) is 1. The first-order valence-corrected chi connectivity index (χ1v) is 3.52. The van der Waals surface area contributed by atoms with E-state index in [4.69, 9.17) is 5.11 Å². The van der Waals surface area contributed by atoms with E-state index in [0.29, 0.717) is 0 Å². The lowest BCUT2D eigenvalue weighted by atomic mass is 10.2. The molecule has 1 unspecified atom stereocenters. The van der Waals surface area contributed by atoms with Crippen molar-refractivity contribution in [2.45, 2.75) is 20.0 Å². The maximum absolute atomic E-state index is 10.5. The fraction of sp³-hybridized carbons (Fsp3) is 0.500. The van der Waals surface area contributed by atoms with Crippen LogP contribution >= 0.6 is 0 Å². The van der Waals surface area contributed by atoms with E-state index in [9.17, 15) is 9.59 Å². The summed E-state index contributed by atoms with van der Waals surface area (Å²) in [6.07, 6.45) is 1.61. The van der Waals surface area contributed by atoms with Crippen LogP contribution in [0.4, 0.5) is 0 Å². The summed E-state index contributed by atoms with van der Waals surface area (Å²) < 4.78 is 4.52. The number of Topliss-reactive ketones (excluding diaryl/α,β-unsaturated/α-hetero) is 1. The van der Waals surface area contributed by atoms with Gasteiger partial charge in [0, 0.05) is 6.92 Å². The highest BCUT2D eigenvalue weighted by Crippen LogP contribution is 1.88. The molecule has 68 valence electrons. The Labute approximate surface area is 70.8 Å². The minimum atomic E-state index is -1.10. The Morgan fingerprint density at radius 1 is 1.50 bits per heavy atom. The maximum Gasteiger partial charge on any atom is 0.302 e. The molecule has 0 spiro atoms. The average Bonchev–Trinajstić information content (AvgIpc) is 1.97. The first-order valence-electron chi connectivity index (χ1n) is 3.52. The second-order valence-corrected chi connectivity index (χ2v) is 2.29. The van der Waals surface area contributed by atoms with Gasteiger partial charge in [-0.15, -0.1) is 0 Å². The zero-order valence-electron chi connectivity index (χ0n) is 7.11. The summed E-state index contributed by atoms with van der Waals surface area (Å²) in [5.74, 6) is -0.731. The lowest BCUT2D eigenvalue weighted by Crippen LogP contribution is -2.13. The summed E-state index contributed by atoms with van der Waals surface area (Å²) in [7, 11) is 0. The molecule has 0 aliphatic rings. The van der Waals surface area contributed by atoms with Crippen molar-refractivity contribution in [2.75, 3.05) is 6.61 Å². The largest absolute Gasteiger partial charge is 0.462 e. The number of hydrogen-bond donors (Lipinski definition) is 1. The van der Waals surface area contributed by atoms with Crippen LogP contribution in [0.15, 0.2) is 12.2 Å². The molecule has 0 amide bonds. The van der Waals surface area contributed by atoms with Gasteiger partial charge in [-0.05, 0) is 19.1 Å². The topological polar surface area (TPSA) is 63.6 Å². The molecule has 0 heterocycles. The number of carbonyl (C=O) groups excluding carboxylic acids is 2. The Morgan fingerprint density at radius 3 is 2.50 bits per heavy atom. The van der Waals surface area contributed by atoms with Crippen LogP contribution in [0.5, 0.6) is 0 Å². The molecule has 1 atom stereocenters. The number of ketones is 1. The second-order valence-electron chi connectivity index (χ2n) is 2.29. The molecule has 0 saturated carbocycles. The smallest absolute Gasteiger partial charge is 0.302 e. The Bertz CT molecular complexity index is 195. The van der Waals surface area contributed by atoms with Gasteiger partial charge in [0.25, 0.3) is 0 Å². The van der Waals surface area contributed by atoms with Crippen molar-refractivity contribution in [3.63, 3.8) is 0 Å². The van der Waals surface area contributed by atoms with Gasteiger partial charge in [0.2, 0.25) is 0 Å². The molecule has 1 N–H and O–H groups in total. The van der Waals surface area contributed by atoms with Crippen LogP contribution in [-0.4, -0.2) is 29.6 Å². The zero-order valence-corrected chi connectivity index (χ0v) is 7.11. The molecule has 0 aromatic heterocycles. The number of aliphatic hydroxyl groups excluding tert-OH is 1. The van der Waals surface area contributed by atoms with Crippen molar-refractivity contribution in [3.8, 4) is 0 Å². The molecule has 0 aliphatic heterocycles. The van der Waals surface area contributed by atoms with Crippen LogP contribution in [0.25, 0.3) is 0 Å². The SMILES string of the molecule is CC(=O)OC/C=C\C(O)C(C)=O. The van der Waals surface area contributed by atoms with Gasteiger partial charge < -0.3 is 9.84 Å². The van der Waals surface area contributed by atoms with Gasteiger partial charge in [-0.2, -0.15) is 0 Å². The average molecular weight is 172 g/mol. The van der Waals surface area contributed by atoms with Crippen molar-refractivity contribution in [1.29, 1.82) is 0 Å². The van der Waals surface area contributed by atoms with E-state index in [0.717, 1.165) is 0 Å². The molecule has 0 radical (unpaired) electrons. The normalized spacial score (nSPS) is 12.9. The van der Waals surface area contributed by atoms with E-state index in [1.54, 1.807) is 0 Å². The highest BCUT2D eigenvalue weighted by atomic mass is 16.5. The van der Waals surface area contributed by atoms with Gasteiger partial charge in [-0.3, -0.25) is 9.59 Å². The molecule has 0 fully saturated rings. The number of esters is 1. The summed E-state index contributed by atoms with van der Waals surface area (Å²) in [5, 5.41) is 8.91. The predicted molar refractivity (Wildman–Crippen MR) is 42.5 cm³/mol. The summed E-state index contributed by atoms with van der Waals surface area (Å²) in [5.41, 5.74) is 0. The van der Waals surface area contributed by atoms with Crippen LogP contribution in [-0.2, 0) is 14.3 Å². The number of carbonyl (C=O) groups is 2. The summed E-state index contributed by atoms with van der Waals surface area (Å²) in [6.45, 7) is 2.65. The second kappa shape index (κ2) is 5.49. The maximum atomic E-state index is 10.5. The van der Waals surface area contributed by atoms with Gasteiger partial charge >= 0.3 is 5.97 Å². The number of hydrogen-bond acceptors (Lipinski definition) is 4. The minimum absolute atomic E-state index is 0.0830. The van der Waals surface area contributed by atoms with E-state index in [2.05, 4.69) is 4.74 Å².